The first-order chi connectivity index (χ1) is 19.1. The Labute approximate surface area is 227 Å². The first kappa shape index (κ1) is 27.2. The third-order valence-corrected chi connectivity index (χ3v) is 7.26. The molecule has 0 N–H and O–H groups in total. The summed E-state index contributed by atoms with van der Waals surface area (Å²) in [5, 5.41) is 9.38. The van der Waals surface area contributed by atoms with Crippen molar-refractivity contribution in [1.29, 1.82) is 5.26 Å². The number of alkyl halides is 3. The van der Waals surface area contributed by atoms with Crippen molar-refractivity contribution in [3.63, 3.8) is 0 Å². The number of aromatic nitrogens is 4. The molecule has 0 amide bonds. The lowest BCUT2D eigenvalue weighted by Gasteiger charge is -2.45. The number of hydrogen-bond acceptors (Lipinski definition) is 7. The molecular weight excluding hydrogens is 526 g/mol. The third-order valence-electron chi connectivity index (χ3n) is 7.26. The van der Waals surface area contributed by atoms with Crippen LogP contribution in [0.3, 0.4) is 0 Å². The van der Waals surface area contributed by atoms with Crippen molar-refractivity contribution in [1.82, 2.24) is 24.4 Å². The average molecular weight is 552 g/mol. The van der Waals surface area contributed by atoms with Gasteiger partial charge in [0.05, 0.1) is 22.8 Å². The van der Waals surface area contributed by atoms with E-state index in [1.807, 2.05) is 17.9 Å². The molecule has 0 aliphatic carbocycles. The van der Waals surface area contributed by atoms with E-state index in [0.717, 1.165) is 12.3 Å². The molecular formula is C28H25F4N7O. The molecule has 8 nitrogen and oxygen atoms in total. The molecule has 1 aliphatic heterocycles. The van der Waals surface area contributed by atoms with Crippen LogP contribution in [0.1, 0.15) is 41.9 Å². The van der Waals surface area contributed by atoms with E-state index in [-0.39, 0.29) is 11.7 Å². The molecule has 4 aromatic rings. The lowest BCUT2D eigenvalue weighted by Crippen LogP contribution is -2.55. The highest BCUT2D eigenvalue weighted by molar-refractivity contribution is 5.86. The number of aryl methyl sites for hydroxylation is 1. The van der Waals surface area contributed by atoms with Crippen LogP contribution in [0.15, 0.2) is 59.5 Å². The van der Waals surface area contributed by atoms with Crippen molar-refractivity contribution in [3.8, 4) is 6.07 Å². The van der Waals surface area contributed by atoms with Crippen LogP contribution < -0.4 is 10.6 Å². The van der Waals surface area contributed by atoms with Crippen molar-refractivity contribution < 1.29 is 17.6 Å². The minimum absolute atomic E-state index is 0.132. The molecule has 0 bridgehead atoms. The normalized spacial score (nSPS) is 17.1. The smallest absolute Gasteiger partial charge is 0.352 e. The number of anilines is 1. The summed E-state index contributed by atoms with van der Waals surface area (Å²) in [5.41, 5.74) is 0.972. The molecule has 1 saturated heterocycles. The van der Waals surface area contributed by atoms with Gasteiger partial charge in [0.25, 0.3) is 0 Å². The van der Waals surface area contributed by atoms with Gasteiger partial charge in [-0.3, -0.25) is 14.5 Å². The highest BCUT2D eigenvalue weighted by Gasteiger charge is 2.36. The van der Waals surface area contributed by atoms with E-state index < -0.39 is 29.3 Å². The van der Waals surface area contributed by atoms with Gasteiger partial charge in [-0.2, -0.15) is 23.4 Å². The van der Waals surface area contributed by atoms with E-state index in [9.17, 15) is 27.6 Å². The zero-order chi connectivity index (χ0) is 28.6. The van der Waals surface area contributed by atoms with Gasteiger partial charge in [-0.1, -0.05) is 19.1 Å². The average Bonchev–Trinajstić information content (AvgIpc) is 2.95. The second kappa shape index (κ2) is 10.7. The van der Waals surface area contributed by atoms with Crippen molar-refractivity contribution in [3.05, 3.63) is 93.5 Å². The summed E-state index contributed by atoms with van der Waals surface area (Å²) in [6.45, 7) is 3.29. The highest BCUT2D eigenvalue weighted by Crippen LogP contribution is 2.35. The Morgan fingerprint density at radius 3 is 2.45 bits per heavy atom. The van der Waals surface area contributed by atoms with Crippen LogP contribution in [0, 0.1) is 17.1 Å². The summed E-state index contributed by atoms with van der Waals surface area (Å²) in [5.74, 6) is -0.0492. The molecule has 1 aromatic carbocycles. The molecule has 40 heavy (non-hydrogen) atoms. The number of fused-ring (bicyclic) bond motifs is 1. The molecule has 0 saturated carbocycles. The maximum Gasteiger partial charge on any atom is 0.417 e. The topological polar surface area (TPSA) is 90.9 Å². The van der Waals surface area contributed by atoms with E-state index in [1.54, 1.807) is 31.3 Å². The SMILES string of the molecule is CCC1CN(c2nc(=O)n(C)c3ccc(C#N)nc23)CCN1C(c1ccc(F)cc1)c1ccc(C(F)(F)F)cn1. The number of nitriles is 1. The molecule has 1 fully saturated rings. The van der Waals surface area contributed by atoms with Gasteiger partial charge in [0.1, 0.15) is 23.1 Å². The van der Waals surface area contributed by atoms with Crippen molar-refractivity contribution in [2.45, 2.75) is 31.6 Å². The van der Waals surface area contributed by atoms with Crippen LogP contribution in [0.2, 0.25) is 0 Å². The third kappa shape index (κ3) is 5.12. The maximum absolute atomic E-state index is 13.8. The quantitative estimate of drug-likeness (QED) is 0.339. The minimum Gasteiger partial charge on any atom is -0.352 e. The second-order valence-electron chi connectivity index (χ2n) is 9.62. The molecule has 0 radical (unpaired) electrons. The van der Waals surface area contributed by atoms with Gasteiger partial charge in [-0.15, -0.1) is 0 Å². The fourth-order valence-electron chi connectivity index (χ4n) is 5.17. The van der Waals surface area contributed by atoms with Crippen LogP contribution in [-0.4, -0.2) is 50.1 Å². The summed E-state index contributed by atoms with van der Waals surface area (Å²) in [4.78, 5) is 29.6. The predicted octanol–water partition coefficient (Wildman–Crippen LogP) is 4.44. The Kier molecular flexibility index (Phi) is 7.25. The summed E-state index contributed by atoms with van der Waals surface area (Å²) < 4.78 is 54.8. The van der Waals surface area contributed by atoms with E-state index in [2.05, 4.69) is 19.9 Å². The predicted molar refractivity (Wildman–Crippen MR) is 140 cm³/mol. The number of rotatable bonds is 5. The van der Waals surface area contributed by atoms with Crippen LogP contribution in [-0.2, 0) is 13.2 Å². The first-order valence-corrected chi connectivity index (χ1v) is 12.7. The summed E-state index contributed by atoms with van der Waals surface area (Å²) in [6.07, 6.45) is -3.04. The molecule has 4 heterocycles. The van der Waals surface area contributed by atoms with Crippen LogP contribution >= 0.6 is 0 Å². The molecule has 12 heteroatoms. The van der Waals surface area contributed by atoms with Crippen molar-refractivity contribution >= 4 is 16.9 Å². The lowest BCUT2D eigenvalue weighted by molar-refractivity contribution is -0.137. The maximum atomic E-state index is 13.8. The summed E-state index contributed by atoms with van der Waals surface area (Å²) in [6, 6.07) is 12.8. The van der Waals surface area contributed by atoms with Gasteiger partial charge in [0.2, 0.25) is 0 Å². The Morgan fingerprint density at radius 2 is 1.82 bits per heavy atom. The standard InChI is InChI=1S/C28H25F4N7O/c1-3-21-16-38(26-24-23(37(2)27(40)36-26)11-9-20(14-33)35-24)12-13-39(21)25(17-4-7-19(29)8-5-17)22-10-6-18(15-34-22)28(30,31)32/h4-11,15,21,25H,3,12-13,16H2,1-2H3. The fraction of sp³-hybridized carbons (Fsp3) is 0.321. The Balaban J connectivity index is 1.53. The van der Waals surface area contributed by atoms with Gasteiger partial charge >= 0.3 is 11.9 Å². The number of pyridine rings is 2. The number of hydrogen-bond donors (Lipinski definition) is 0. The van der Waals surface area contributed by atoms with Crippen LogP contribution in [0.25, 0.3) is 11.0 Å². The lowest BCUT2D eigenvalue weighted by atomic mass is 9.96. The minimum atomic E-state index is -4.52. The zero-order valence-corrected chi connectivity index (χ0v) is 21.7. The number of nitrogens with zero attached hydrogens (tertiary/aromatic N) is 7. The Morgan fingerprint density at radius 1 is 1.07 bits per heavy atom. The number of piperazine rings is 1. The van der Waals surface area contributed by atoms with Crippen LogP contribution in [0.5, 0.6) is 0 Å². The van der Waals surface area contributed by atoms with Crippen molar-refractivity contribution in [2.24, 2.45) is 7.05 Å². The van der Waals surface area contributed by atoms with Gasteiger partial charge in [-0.05, 0) is 48.4 Å². The van der Waals surface area contributed by atoms with E-state index in [1.165, 1.54) is 22.8 Å². The Hall–Kier alpha value is -4.37. The van der Waals surface area contributed by atoms with Crippen LogP contribution in [0.4, 0.5) is 23.4 Å². The van der Waals surface area contributed by atoms with E-state index in [0.29, 0.717) is 54.2 Å². The molecule has 2 atom stereocenters. The molecule has 3 aromatic heterocycles. The van der Waals surface area contributed by atoms with Gasteiger partial charge in [0, 0.05) is 38.9 Å². The molecule has 206 valence electrons. The first-order valence-electron chi connectivity index (χ1n) is 12.7. The summed E-state index contributed by atoms with van der Waals surface area (Å²) >= 11 is 0. The van der Waals surface area contributed by atoms with E-state index >= 15 is 0 Å². The van der Waals surface area contributed by atoms with Crippen molar-refractivity contribution in [2.75, 3.05) is 24.5 Å². The summed E-state index contributed by atoms with van der Waals surface area (Å²) in [7, 11) is 1.59. The highest BCUT2D eigenvalue weighted by atomic mass is 19.4. The monoisotopic (exact) mass is 551 g/mol. The van der Waals surface area contributed by atoms with E-state index in [4.69, 9.17) is 0 Å². The van der Waals surface area contributed by atoms with Gasteiger partial charge in [-0.25, -0.2) is 14.2 Å². The Bertz CT molecular complexity index is 1630. The number of benzene rings is 1. The molecule has 1 aliphatic rings. The molecule has 5 rings (SSSR count). The van der Waals surface area contributed by atoms with Gasteiger partial charge in [0.15, 0.2) is 5.82 Å². The fourth-order valence-corrected chi connectivity index (χ4v) is 5.17. The molecule has 2 unspecified atom stereocenters. The zero-order valence-electron chi connectivity index (χ0n) is 21.7. The molecule has 0 spiro atoms. The van der Waals surface area contributed by atoms with Gasteiger partial charge < -0.3 is 4.90 Å². The largest absolute Gasteiger partial charge is 0.417 e. The second-order valence-corrected chi connectivity index (χ2v) is 9.62. The number of halogens is 4.